The summed E-state index contributed by atoms with van der Waals surface area (Å²) in [6.07, 6.45) is 5.73. The third-order valence-corrected chi connectivity index (χ3v) is 5.64. The maximum Gasteiger partial charge on any atom is 0.331 e. The van der Waals surface area contributed by atoms with Crippen LogP contribution >= 0.6 is 0 Å². The number of methoxy groups -OCH3 is 1. The largest absolute Gasteiger partial charge is 0.496 e. The van der Waals surface area contributed by atoms with Crippen LogP contribution in [0.2, 0.25) is 13.1 Å². The monoisotopic (exact) mass is 420 g/mol. The van der Waals surface area contributed by atoms with E-state index in [1.54, 1.807) is 13.2 Å². The van der Waals surface area contributed by atoms with Gasteiger partial charge in [-0.15, -0.1) is 0 Å². The fraction of sp³-hybridized carbons (Fsp3) is 0.625. The molecule has 1 rings (SSSR count). The molecule has 5 heteroatoms. The summed E-state index contributed by atoms with van der Waals surface area (Å²) in [5.41, 5.74) is 4.21. The Kier molecular flexibility index (Phi) is 10.7. The van der Waals surface area contributed by atoms with Gasteiger partial charge in [0.05, 0.1) is 20.3 Å². The number of rotatable bonds is 11. The van der Waals surface area contributed by atoms with E-state index >= 15 is 0 Å². The molecule has 0 fully saturated rings. The van der Waals surface area contributed by atoms with E-state index in [1.807, 2.05) is 6.92 Å². The number of benzene rings is 1. The third-order valence-electron chi connectivity index (χ3n) is 4.81. The van der Waals surface area contributed by atoms with Crippen LogP contribution in [0.1, 0.15) is 77.0 Å². The molecule has 29 heavy (non-hydrogen) atoms. The summed E-state index contributed by atoms with van der Waals surface area (Å²) in [5, 5.41) is 0. The lowest BCUT2D eigenvalue weighted by Crippen LogP contribution is -2.18. The van der Waals surface area contributed by atoms with Crippen molar-refractivity contribution in [1.29, 1.82) is 0 Å². The van der Waals surface area contributed by atoms with Crippen molar-refractivity contribution in [2.45, 2.75) is 85.4 Å². The normalized spacial score (nSPS) is 12.4. The SMILES string of the molecule is CCCCCC(=CC(=O)OCC)c1ccc(C(C)(C)C)c(CO[SiH](C)C)c1OC. The standard InChI is InChI=1S/C24H40O4Si/c1-9-11-12-13-18(16-22(25)27-10-2)19-14-15-21(24(3,4)5)20(23(19)26-6)17-28-29(7)8/h14-16,29H,9-13,17H2,1-8H3. The number of carbonyl (C=O) groups excluding carboxylic acids is 1. The van der Waals surface area contributed by atoms with Gasteiger partial charge in [0, 0.05) is 17.2 Å². The number of carbonyl (C=O) groups is 1. The zero-order valence-corrected chi connectivity index (χ0v) is 20.8. The van der Waals surface area contributed by atoms with Gasteiger partial charge >= 0.3 is 5.97 Å². The Hall–Kier alpha value is -1.59. The summed E-state index contributed by atoms with van der Waals surface area (Å²) in [7, 11) is 0.517. The van der Waals surface area contributed by atoms with Gasteiger partial charge in [0.2, 0.25) is 0 Å². The van der Waals surface area contributed by atoms with Crippen molar-refractivity contribution < 1.29 is 18.7 Å². The van der Waals surface area contributed by atoms with Gasteiger partial charge in [-0.1, -0.05) is 52.7 Å². The Bertz CT molecular complexity index is 687. The molecule has 0 aliphatic carbocycles. The van der Waals surface area contributed by atoms with Crippen LogP contribution in [-0.4, -0.2) is 28.7 Å². The molecule has 1 aromatic carbocycles. The van der Waals surface area contributed by atoms with E-state index in [0.29, 0.717) is 13.2 Å². The fourth-order valence-electron chi connectivity index (χ4n) is 3.39. The first-order chi connectivity index (χ1) is 13.6. The van der Waals surface area contributed by atoms with E-state index in [-0.39, 0.29) is 11.4 Å². The summed E-state index contributed by atoms with van der Waals surface area (Å²) in [6.45, 7) is 15.9. The van der Waals surface area contributed by atoms with Crippen LogP contribution in [0.15, 0.2) is 18.2 Å². The van der Waals surface area contributed by atoms with Gasteiger partial charge in [0.25, 0.3) is 0 Å². The molecule has 0 bridgehead atoms. The molecule has 164 valence electrons. The molecular weight excluding hydrogens is 380 g/mol. The Morgan fingerprint density at radius 2 is 1.83 bits per heavy atom. The highest BCUT2D eigenvalue weighted by Crippen LogP contribution is 2.39. The van der Waals surface area contributed by atoms with E-state index < -0.39 is 9.04 Å². The van der Waals surface area contributed by atoms with Crippen molar-refractivity contribution in [2.24, 2.45) is 0 Å². The van der Waals surface area contributed by atoms with Crippen molar-refractivity contribution in [3.8, 4) is 5.75 Å². The highest BCUT2D eigenvalue weighted by molar-refractivity contribution is 6.48. The second kappa shape index (κ2) is 12.2. The average molecular weight is 421 g/mol. The van der Waals surface area contributed by atoms with Gasteiger partial charge in [0.15, 0.2) is 9.04 Å². The number of hydrogen-bond acceptors (Lipinski definition) is 4. The van der Waals surface area contributed by atoms with E-state index in [2.05, 4.69) is 52.9 Å². The highest BCUT2D eigenvalue weighted by atomic mass is 28.3. The zero-order valence-electron chi connectivity index (χ0n) is 19.7. The zero-order chi connectivity index (χ0) is 22.0. The van der Waals surface area contributed by atoms with Gasteiger partial charge in [0.1, 0.15) is 5.75 Å². The Morgan fingerprint density at radius 1 is 1.14 bits per heavy atom. The Morgan fingerprint density at radius 3 is 2.34 bits per heavy atom. The molecule has 0 radical (unpaired) electrons. The van der Waals surface area contributed by atoms with E-state index in [4.69, 9.17) is 13.9 Å². The van der Waals surface area contributed by atoms with Crippen molar-refractivity contribution >= 4 is 20.6 Å². The minimum atomic E-state index is -1.19. The predicted molar refractivity (Wildman–Crippen MR) is 124 cm³/mol. The third kappa shape index (κ3) is 7.98. The molecule has 0 unspecified atom stereocenters. The topological polar surface area (TPSA) is 44.8 Å². The molecule has 0 atom stereocenters. The average Bonchev–Trinajstić information content (AvgIpc) is 2.64. The van der Waals surface area contributed by atoms with Crippen LogP contribution in [0.3, 0.4) is 0 Å². The Balaban J connectivity index is 3.54. The second-order valence-corrected chi connectivity index (χ2v) is 11.1. The lowest BCUT2D eigenvalue weighted by molar-refractivity contribution is -0.137. The van der Waals surface area contributed by atoms with E-state index in [1.165, 1.54) is 5.56 Å². The van der Waals surface area contributed by atoms with Crippen molar-refractivity contribution in [3.63, 3.8) is 0 Å². The van der Waals surface area contributed by atoms with Crippen LogP contribution in [0.4, 0.5) is 0 Å². The summed E-state index contributed by atoms with van der Waals surface area (Å²) in [4.78, 5) is 12.2. The van der Waals surface area contributed by atoms with Crippen LogP contribution < -0.4 is 4.74 Å². The quantitative estimate of drug-likeness (QED) is 0.190. The van der Waals surface area contributed by atoms with Crippen LogP contribution in [0.25, 0.3) is 5.57 Å². The van der Waals surface area contributed by atoms with Gasteiger partial charge in [-0.05, 0) is 49.4 Å². The predicted octanol–water partition coefficient (Wildman–Crippen LogP) is 6.02. The summed E-state index contributed by atoms with van der Waals surface area (Å²) in [6, 6.07) is 4.25. The summed E-state index contributed by atoms with van der Waals surface area (Å²) < 4.78 is 17.2. The molecule has 1 aromatic rings. The van der Waals surface area contributed by atoms with Gasteiger partial charge in [-0.3, -0.25) is 0 Å². The minimum absolute atomic E-state index is 0.0315. The molecule has 0 aliphatic heterocycles. The van der Waals surface area contributed by atoms with Crippen molar-refractivity contribution in [3.05, 3.63) is 34.9 Å². The van der Waals surface area contributed by atoms with Gasteiger partial charge < -0.3 is 13.9 Å². The molecule has 0 spiro atoms. The van der Waals surface area contributed by atoms with E-state index in [9.17, 15) is 4.79 Å². The van der Waals surface area contributed by atoms with E-state index in [0.717, 1.165) is 48.1 Å². The second-order valence-electron chi connectivity index (χ2n) is 8.66. The number of hydrogen-bond donors (Lipinski definition) is 0. The van der Waals surface area contributed by atoms with Crippen LogP contribution in [0.5, 0.6) is 5.75 Å². The Labute approximate surface area is 179 Å². The first-order valence-electron chi connectivity index (χ1n) is 10.8. The molecular formula is C24H40O4Si. The number of allylic oxidation sites excluding steroid dienone is 1. The molecule has 0 saturated heterocycles. The smallest absolute Gasteiger partial charge is 0.331 e. The maximum atomic E-state index is 12.2. The number of ether oxygens (including phenoxy) is 2. The van der Waals surface area contributed by atoms with Crippen molar-refractivity contribution in [1.82, 2.24) is 0 Å². The minimum Gasteiger partial charge on any atom is -0.496 e. The number of unbranched alkanes of at least 4 members (excludes halogenated alkanes) is 2. The summed E-state index contributed by atoms with van der Waals surface area (Å²) >= 11 is 0. The van der Waals surface area contributed by atoms with Crippen LogP contribution in [-0.2, 0) is 26.0 Å². The van der Waals surface area contributed by atoms with Crippen molar-refractivity contribution in [2.75, 3.05) is 13.7 Å². The molecule has 0 heterocycles. The first-order valence-corrected chi connectivity index (χ1v) is 13.6. The molecule has 4 nitrogen and oxygen atoms in total. The molecule has 0 aromatic heterocycles. The van der Waals surface area contributed by atoms with Gasteiger partial charge in [-0.25, -0.2) is 4.79 Å². The van der Waals surface area contributed by atoms with Gasteiger partial charge in [-0.2, -0.15) is 0 Å². The van der Waals surface area contributed by atoms with Crippen LogP contribution in [0, 0.1) is 0 Å². The first kappa shape index (κ1) is 25.4. The lowest BCUT2D eigenvalue weighted by Gasteiger charge is -2.27. The highest BCUT2D eigenvalue weighted by Gasteiger charge is 2.24. The molecule has 0 amide bonds. The fourth-order valence-corrected chi connectivity index (χ4v) is 3.89. The molecule has 0 aliphatic rings. The molecule has 0 saturated carbocycles. The summed E-state index contributed by atoms with van der Waals surface area (Å²) in [5.74, 6) is 0.521. The lowest BCUT2D eigenvalue weighted by atomic mass is 9.81. The molecule has 0 N–H and O–H groups in total. The maximum absolute atomic E-state index is 12.2. The number of esters is 1.